The predicted octanol–water partition coefficient (Wildman–Crippen LogP) is 2.40. The van der Waals surface area contributed by atoms with E-state index < -0.39 is 0 Å². The molecule has 1 rings (SSSR count). The number of carbonyl (C=O) groups is 1. The van der Waals surface area contributed by atoms with Gasteiger partial charge in [0.2, 0.25) is 5.91 Å². The lowest BCUT2D eigenvalue weighted by Crippen LogP contribution is -2.33. The highest BCUT2D eigenvalue weighted by atomic mass is 79.9. The van der Waals surface area contributed by atoms with Gasteiger partial charge in [0.15, 0.2) is 0 Å². The van der Waals surface area contributed by atoms with Crippen molar-refractivity contribution in [2.75, 3.05) is 13.6 Å². The zero-order valence-corrected chi connectivity index (χ0v) is 12.5. The monoisotopic (exact) mass is 326 g/mol. The summed E-state index contributed by atoms with van der Waals surface area (Å²) in [5.74, 6) is 0.0957. The maximum absolute atomic E-state index is 11.6. The van der Waals surface area contributed by atoms with Gasteiger partial charge in [-0.1, -0.05) is 6.92 Å². The molecule has 1 atom stereocenters. The number of hydrogen-bond donors (Lipinski definition) is 2. The zero-order chi connectivity index (χ0) is 11.3. The van der Waals surface area contributed by atoms with Crippen molar-refractivity contribution in [2.45, 2.75) is 13.5 Å². The first-order chi connectivity index (χ1) is 7.15. The number of amides is 1. The molecule has 1 amide bonds. The molecule has 0 radical (unpaired) electrons. The predicted molar refractivity (Wildman–Crippen MR) is 74.2 cm³/mol. The van der Waals surface area contributed by atoms with E-state index in [4.69, 9.17) is 0 Å². The van der Waals surface area contributed by atoms with Crippen LogP contribution in [0.15, 0.2) is 15.9 Å². The first-order valence-electron chi connectivity index (χ1n) is 4.79. The van der Waals surface area contributed by atoms with Crippen molar-refractivity contribution in [1.82, 2.24) is 10.6 Å². The minimum absolute atomic E-state index is 0. The molecule has 0 saturated heterocycles. The second-order valence-corrected chi connectivity index (χ2v) is 5.22. The van der Waals surface area contributed by atoms with Crippen molar-refractivity contribution in [3.63, 3.8) is 0 Å². The molecule has 1 heterocycles. The van der Waals surface area contributed by atoms with Gasteiger partial charge in [-0.25, -0.2) is 0 Å². The Hall–Kier alpha value is -0.100. The third kappa shape index (κ3) is 4.82. The van der Waals surface area contributed by atoms with E-state index >= 15 is 0 Å². The van der Waals surface area contributed by atoms with Crippen LogP contribution in [0.3, 0.4) is 0 Å². The minimum Gasteiger partial charge on any atom is -0.351 e. The molecular weight excluding hydrogens is 312 g/mol. The summed E-state index contributed by atoms with van der Waals surface area (Å²) in [6.07, 6.45) is 0. The van der Waals surface area contributed by atoms with Gasteiger partial charge in [0.1, 0.15) is 0 Å². The van der Waals surface area contributed by atoms with E-state index in [1.54, 1.807) is 11.3 Å². The Balaban J connectivity index is 0.00000225. The summed E-state index contributed by atoms with van der Waals surface area (Å²) >= 11 is 5.07. The lowest BCUT2D eigenvalue weighted by Gasteiger charge is -2.10. The SMILES string of the molecule is CNCC(C)C(=O)NCc1sccc1Br.Cl. The van der Waals surface area contributed by atoms with Crippen LogP contribution in [-0.4, -0.2) is 19.5 Å². The number of thiophene rings is 1. The van der Waals surface area contributed by atoms with E-state index in [-0.39, 0.29) is 24.2 Å². The highest BCUT2D eigenvalue weighted by molar-refractivity contribution is 9.10. The molecule has 1 aromatic heterocycles. The summed E-state index contributed by atoms with van der Waals surface area (Å²) in [6, 6.07) is 1.99. The Morgan fingerprint density at radius 2 is 2.31 bits per heavy atom. The third-order valence-corrected chi connectivity index (χ3v) is 4.00. The van der Waals surface area contributed by atoms with Crippen molar-refractivity contribution in [3.8, 4) is 0 Å². The standard InChI is InChI=1S/C10H15BrN2OS.ClH/c1-7(5-12-2)10(14)13-6-9-8(11)3-4-15-9;/h3-4,7,12H,5-6H2,1-2H3,(H,13,14);1H. The fourth-order valence-electron chi connectivity index (χ4n) is 1.19. The number of rotatable bonds is 5. The molecule has 0 aromatic carbocycles. The molecular formula is C10H16BrClN2OS. The Kier molecular flexibility index (Phi) is 8.01. The van der Waals surface area contributed by atoms with Crippen LogP contribution in [0.1, 0.15) is 11.8 Å². The maximum Gasteiger partial charge on any atom is 0.224 e. The Bertz CT molecular complexity index is 332. The number of nitrogens with one attached hydrogen (secondary N) is 2. The summed E-state index contributed by atoms with van der Waals surface area (Å²) in [5, 5.41) is 7.90. The molecule has 3 nitrogen and oxygen atoms in total. The molecule has 92 valence electrons. The van der Waals surface area contributed by atoms with Gasteiger partial charge in [-0.2, -0.15) is 0 Å². The summed E-state index contributed by atoms with van der Waals surface area (Å²) in [7, 11) is 1.85. The highest BCUT2D eigenvalue weighted by Gasteiger charge is 2.11. The van der Waals surface area contributed by atoms with E-state index in [0.717, 1.165) is 9.35 Å². The van der Waals surface area contributed by atoms with E-state index in [1.165, 1.54) is 0 Å². The van der Waals surface area contributed by atoms with Gasteiger partial charge < -0.3 is 10.6 Å². The van der Waals surface area contributed by atoms with Gasteiger partial charge in [0, 0.05) is 21.8 Å². The van der Waals surface area contributed by atoms with Gasteiger partial charge in [0.05, 0.1) is 6.54 Å². The summed E-state index contributed by atoms with van der Waals surface area (Å²) in [4.78, 5) is 12.7. The summed E-state index contributed by atoms with van der Waals surface area (Å²) in [5.41, 5.74) is 0. The van der Waals surface area contributed by atoms with Crippen LogP contribution in [0, 0.1) is 5.92 Å². The fourth-order valence-corrected chi connectivity index (χ4v) is 2.62. The van der Waals surface area contributed by atoms with Crippen LogP contribution in [0.25, 0.3) is 0 Å². The van der Waals surface area contributed by atoms with E-state index in [9.17, 15) is 4.79 Å². The van der Waals surface area contributed by atoms with Crippen LogP contribution < -0.4 is 10.6 Å². The summed E-state index contributed by atoms with van der Waals surface area (Å²) in [6.45, 7) is 3.22. The van der Waals surface area contributed by atoms with E-state index in [1.807, 2.05) is 25.4 Å². The lowest BCUT2D eigenvalue weighted by atomic mass is 10.1. The van der Waals surface area contributed by atoms with Gasteiger partial charge in [-0.3, -0.25) is 4.79 Å². The zero-order valence-electron chi connectivity index (χ0n) is 9.25. The average molecular weight is 328 g/mol. The van der Waals surface area contributed by atoms with Crippen LogP contribution >= 0.6 is 39.7 Å². The second kappa shape index (κ2) is 8.06. The first kappa shape index (κ1) is 15.9. The normalized spacial score (nSPS) is 11.7. The van der Waals surface area contributed by atoms with Gasteiger partial charge in [0.25, 0.3) is 0 Å². The second-order valence-electron chi connectivity index (χ2n) is 3.37. The third-order valence-electron chi connectivity index (χ3n) is 2.07. The van der Waals surface area contributed by atoms with Crippen molar-refractivity contribution >= 4 is 45.6 Å². The molecule has 0 bridgehead atoms. The maximum atomic E-state index is 11.6. The Labute approximate surface area is 115 Å². The van der Waals surface area contributed by atoms with Crippen LogP contribution in [0.5, 0.6) is 0 Å². The molecule has 1 aromatic rings. The van der Waals surface area contributed by atoms with Gasteiger partial charge in [-0.05, 0) is 34.4 Å². The molecule has 0 aliphatic heterocycles. The molecule has 0 saturated carbocycles. The van der Waals surface area contributed by atoms with E-state index in [0.29, 0.717) is 13.1 Å². The lowest BCUT2D eigenvalue weighted by molar-refractivity contribution is -0.124. The number of hydrogen-bond acceptors (Lipinski definition) is 3. The first-order valence-corrected chi connectivity index (χ1v) is 6.46. The average Bonchev–Trinajstić information content (AvgIpc) is 2.61. The fraction of sp³-hybridized carbons (Fsp3) is 0.500. The van der Waals surface area contributed by atoms with E-state index in [2.05, 4.69) is 26.6 Å². The molecule has 0 fully saturated rings. The van der Waals surface area contributed by atoms with Gasteiger partial charge >= 0.3 is 0 Å². The molecule has 0 aliphatic carbocycles. The van der Waals surface area contributed by atoms with Crippen molar-refractivity contribution < 1.29 is 4.79 Å². The smallest absolute Gasteiger partial charge is 0.224 e. The molecule has 0 aliphatic rings. The molecule has 6 heteroatoms. The summed E-state index contributed by atoms with van der Waals surface area (Å²) < 4.78 is 1.06. The number of carbonyl (C=O) groups excluding carboxylic acids is 1. The number of halogens is 2. The Morgan fingerprint density at radius 3 is 2.81 bits per heavy atom. The van der Waals surface area contributed by atoms with Crippen LogP contribution in [0.4, 0.5) is 0 Å². The van der Waals surface area contributed by atoms with Crippen LogP contribution in [0.2, 0.25) is 0 Å². The highest BCUT2D eigenvalue weighted by Crippen LogP contribution is 2.22. The molecule has 16 heavy (non-hydrogen) atoms. The van der Waals surface area contributed by atoms with Gasteiger partial charge in [-0.15, -0.1) is 23.7 Å². The van der Waals surface area contributed by atoms with Crippen molar-refractivity contribution in [2.24, 2.45) is 5.92 Å². The molecule has 2 N–H and O–H groups in total. The minimum atomic E-state index is 0. The van der Waals surface area contributed by atoms with Crippen molar-refractivity contribution in [1.29, 1.82) is 0 Å². The Morgan fingerprint density at radius 1 is 1.62 bits per heavy atom. The van der Waals surface area contributed by atoms with Crippen LogP contribution in [-0.2, 0) is 11.3 Å². The quantitative estimate of drug-likeness (QED) is 0.872. The van der Waals surface area contributed by atoms with Crippen molar-refractivity contribution in [3.05, 3.63) is 20.8 Å². The topological polar surface area (TPSA) is 41.1 Å². The molecule has 0 spiro atoms. The molecule has 1 unspecified atom stereocenters. The largest absolute Gasteiger partial charge is 0.351 e.